The molecule has 2 heterocycles. The second kappa shape index (κ2) is 4.79. The number of aromatic nitrogens is 5. The van der Waals surface area contributed by atoms with Gasteiger partial charge in [0.05, 0.1) is 5.52 Å². The molecule has 0 unspecified atom stereocenters. The molecule has 0 atom stereocenters. The van der Waals surface area contributed by atoms with E-state index in [4.69, 9.17) is 0 Å². The van der Waals surface area contributed by atoms with Crippen molar-refractivity contribution in [2.75, 3.05) is 0 Å². The van der Waals surface area contributed by atoms with Gasteiger partial charge in [0.15, 0.2) is 5.82 Å². The highest BCUT2D eigenvalue weighted by Crippen LogP contribution is 2.31. The van der Waals surface area contributed by atoms with Crippen LogP contribution in [0.5, 0.6) is 0 Å². The standard InChI is InChI=1S/C16H11N5/c1-2-6-12(7-3-1)15-13-8-4-5-9-14(13)19-20-16(15)21-11-17-10-18-21/h1-11H. The van der Waals surface area contributed by atoms with E-state index in [1.807, 2.05) is 42.5 Å². The van der Waals surface area contributed by atoms with Gasteiger partial charge in [-0.15, -0.1) is 10.2 Å². The van der Waals surface area contributed by atoms with Crippen LogP contribution in [0.3, 0.4) is 0 Å². The number of fused-ring (bicyclic) bond motifs is 1. The van der Waals surface area contributed by atoms with E-state index < -0.39 is 0 Å². The molecule has 5 heteroatoms. The molecule has 0 amide bonds. The third-order valence-corrected chi connectivity index (χ3v) is 3.35. The Bertz CT molecular complexity index is 885. The van der Waals surface area contributed by atoms with E-state index in [-0.39, 0.29) is 0 Å². The molecule has 2 aromatic carbocycles. The summed E-state index contributed by atoms with van der Waals surface area (Å²) in [5, 5.41) is 13.8. The highest BCUT2D eigenvalue weighted by Gasteiger charge is 2.14. The van der Waals surface area contributed by atoms with Crippen LogP contribution in [0.25, 0.3) is 27.8 Å². The van der Waals surface area contributed by atoms with Crippen molar-refractivity contribution in [1.29, 1.82) is 0 Å². The zero-order valence-corrected chi connectivity index (χ0v) is 11.1. The summed E-state index contributed by atoms with van der Waals surface area (Å²) >= 11 is 0. The molecule has 0 aliphatic heterocycles. The maximum absolute atomic E-state index is 4.34. The number of benzene rings is 2. The Kier molecular flexibility index (Phi) is 2.67. The largest absolute Gasteiger partial charge is 0.223 e. The number of hydrogen-bond acceptors (Lipinski definition) is 4. The summed E-state index contributed by atoms with van der Waals surface area (Å²) < 4.78 is 1.64. The first-order chi connectivity index (χ1) is 10.4. The van der Waals surface area contributed by atoms with Crippen LogP contribution in [0.15, 0.2) is 67.3 Å². The van der Waals surface area contributed by atoms with Gasteiger partial charge in [-0.2, -0.15) is 5.10 Å². The molecule has 4 rings (SSSR count). The molecule has 0 bridgehead atoms. The molecule has 0 saturated heterocycles. The molecule has 0 N–H and O–H groups in total. The Hall–Kier alpha value is -3.08. The van der Waals surface area contributed by atoms with E-state index in [0.717, 1.165) is 22.0 Å². The Balaban J connectivity index is 2.11. The molecule has 0 fully saturated rings. The van der Waals surface area contributed by atoms with Crippen LogP contribution in [-0.2, 0) is 0 Å². The SMILES string of the molecule is c1ccc(-c2c(-n3cncn3)nnc3ccccc23)cc1. The van der Waals surface area contributed by atoms with E-state index in [2.05, 4.69) is 32.4 Å². The van der Waals surface area contributed by atoms with Crippen molar-refractivity contribution >= 4 is 10.9 Å². The molecule has 0 aliphatic carbocycles. The van der Waals surface area contributed by atoms with Gasteiger partial charge in [-0.05, 0) is 11.6 Å². The van der Waals surface area contributed by atoms with E-state index in [1.165, 1.54) is 6.33 Å². The van der Waals surface area contributed by atoms with Crippen molar-refractivity contribution in [2.24, 2.45) is 0 Å². The van der Waals surface area contributed by atoms with Gasteiger partial charge in [-0.1, -0.05) is 48.5 Å². The molecule has 5 nitrogen and oxygen atoms in total. The molecule has 100 valence electrons. The van der Waals surface area contributed by atoms with Crippen LogP contribution in [0.4, 0.5) is 0 Å². The average Bonchev–Trinajstić information content (AvgIpc) is 3.09. The summed E-state index contributed by atoms with van der Waals surface area (Å²) in [6.07, 6.45) is 3.12. The van der Waals surface area contributed by atoms with Crippen molar-refractivity contribution in [3.05, 3.63) is 67.3 Å². The van der Waals surface area contributed by atoms with Crippen molar-refractivity contribution in [3.8, 4) is 16.9 Å². The van der Waals surface area contributed by atoms with Gasteiger partial charge >= 0.3 is 0 Å². The predicted octanol–water partition coefficient (Wildman–Crippen LogP) is 2.88. The lowest BCUT2D eigenvalue weighted by molar-refractivity contribution is 0.823. The van der Waals surface area contributed by atoms with E-state index >= 15 is 0 Å². The second-order valence-electron chi connectivity index (χ2n) is 4.62. The first-order valence-corrected chi connectivity index (χ1v) is 6.59. The fraction of sp³-hybridized carbons (Fsp3) is 0. The first kappa shape index (κ1) is 11.7. The monoisotopic (exact) mass is 273 g/mol. The lowest BCUT2D eigenvalue weighted by Crippen LogP contribution is -2.03. The van der Waals surface area contributed by atoms with Gasteiger partial charge < -0.3 is 0 Å². The van der Waals surface area contributed by atoms with E-state index in [0.29, 0.717) is 5.82 Å². The van der Waals surface area contributed by atoms with Crippen molar-refractivity contribution < 1.29 is 0 Å². The number of nitrogens with zero attached hydrogens (tertiary/aromatic N) is 5. The number of hydrogen-bond donors (Lipinski definition) is 0. The molecule has 4 aromatic rings. The van der Waals surface area contributed by atoms with Crippen LogP contribution in [0.1, 0.15) is 0 Å². The van der Waals surface area contributed by atoms with Crippen LogP contribution in [-0.4, -0.2) is 25.0 Å². The lowest BCUT2D eigenvalue weighted by atomic mass is 10.0. The second-order valence-corrected chi connectivity index (χ2v) is 4.62. The van der Waals surface area contributed by atoms with Crippen molar-refractivity contribution in [3.63, 3.8) is 0 Å². The summed E-state index contributed by atoms with van der Waals surface area (Å²) in [6, 6.07) is 18.1. The first-order valence-electron chi connectivity index (χ1n) is 6.59. The van der Waals surface area contributed by atoms with Crippen LogP contribution >= 0.6 is 0 Å². The topological polar surface area (TPSA) is 56.5 Å². The van der Waals surface area contributed by atoms with Gasteiger partial charge in [0, 0.05) is 10.9 Å². The minimum atomic E-state index is 0.678. The maximum Gasteiger partial charge on any atom is 0.185 e. The van der Waals surface area contributed by atoms with Crippen LogP contribution < -0.4 is 0 Å². The van der Waals surface area contributed by atoms with Gasteiger partial charge in [0.1, 0.15) is 12.7 Å². The summed E-state index contributed by atoms with van der Waals surface area (Å²) in [6.45, 7) is 0. The van der Waals surface area contributed by atoms with Gasteiger partial charge in [0.2, 0.25) is 0 Å². The minimum Gasteiger partial charge on any atom is -0.223 e. The molecule has 2 aromatic heterocycles. The van der Waals surface area contributed by atoms with Crippen LogP contribution in [0, 0.1) is 0 Å². The fourth-order valence-electron chi connectivity index (χ4n) is 2.41. The summed E-state index contributed by atoms with van der Waals surface area (Å²) in [7, 11) is 0. The molecule has 0 radical (unpaired) electrons. The quantitative estimate of drug-likeness (QED) is 0.563. The smallest absolute Gasteiger partial charge is 0.185 e. The fourth-order valence-corrected chi connectivity index (χ4v) is 2.41. The van der Waals surface area contributed by atoms with Crippen molar-refractivity contribution in [2.45, 2.75) is 0 Å². The third kappa shape index (κ3) is 1.95. The maximum atomic E-state index is 4.34. The summed E-state index contributed by atoms with van der Waals surface area (Å²) in [5.41, 5.74) is 2.95. The highest BCUT2D eigenvalue weighted by atomic mass is 15.4. The minimum absolute atomic E-state index is 0.678. The summed E-state index contributed by atoms with van der Waals surface area (Å²) in [5.74, 6) is 0.678. The van der Waals surface area contributed by atoms with Gasteiger partial charge in [-0.25, -0.2) is 9.67 Å². The van der Waals surface area contributed by atoms with Gasteiger partial charge in [-0.3, -0.25) is 0 Å². The third-order valence-electron chi connectivity index (χ3n) is 3.35. The normalized spacial score (nSPS) is 10.9. The highest BCUT2D eigenvalue weighted by molar-refractivity contribution is 5.97. The molecular formula is C16H11N5. The lowest BCUT2D eigenvalue weighted by Gasteiger charge is -2.10. The molecule has 0 aliphatic rings. The molecule has 0 spiro atoms. The predicted molar refractivity (Wildman–Crippen MR) is 79.9 cm³/mol. The van der Waals surface area contributed by atoms with Crippen molar-refractivity contribution in [1.82, 2.24) is 25.0 Å². The zero-order valence-electron chi connectivity index (χ0n) is 11.1. The number of rotatable bonds is 2. The molecule has 0 saturated carbocycles. The van der Waals surface area contributed by atoms with Crippen LogP contribution in [0.2, 0.25) is 0 Å². The molecule has 21 heavy (non-hydrogen) atoms. The Labute approximate surface area is 120 Å². The zero-order chi connectivity index (χ0) is 14.1. The Morgan fingerprint density at radius 1 is 0.810 bits per heavy atom. The van der Waals surface area contributed by atoms with E-state index in [1.54, 1.807) is 11.0 Å². The van der Waals surface area contributed by atoms with E-state index in [9.17, 15) is 0 Å². The Morgan fingerprint density at radius 3 is 2.43 bits per heavy atom. The summed E-state index contributed by atoms with van der Waals surface area (Å²) in [4.78, 5) is 4.00. The van der Waals surface area contributed by atoms with Gasteiger partial charge in [0.25, 0.3) is 0 Å². The molecular weight excluding hydrogens is 262 g/mol. The average molecular weight is 273 g/mol. The Morgan fingerprint density at radius 2 is 1.62 bits per heavy atom.